The predicted molar refractivity (Wildman–Crippen MR) is 223 cm³/mol. The first kappa shape index (κ1) is 48.5. The van der Waals surface area contributed by atoms with Gasteiger partial charge in [-0.15, -0.1) is 4.89 Å². The molecule has 0 bridgehead atoms. The van der Waals surface area contributed by atoms with Crippen LogP contribution in [0.2, 0.25) is 0 Å². The van der Waals surface area contributed by atoms with Gasteiger partial charge in [-0.05, 0) is 80.2 Å². The molecule has 2 aromatic rings. The number of aryl methyl sites for hydroxylation is 2. The minimum Gasteiger partial charge on any atom is -0.321 e. The van der Waals surface area contributed by atoms with Crippen molar-refractivity contribution in [3.8, 4) is 5.75 Å². The van der Waals surface area contributed by atoms with Gasteiger partial charge in [-0.25, -0.2) is 4.52 Å². The lowest BCUT2D eigenvalue weighted by Crippen LogP contribution is -2.14. The van der Waals surface area contributed by atoms with Gasteiger partial charge in [-0.1, -0.05) is 180 Å². The van der Waals surface area contributed by atoms with Crippen LogP contribution in [0.3, 0.4) is 0 Å². The van der Waals surface area contributed by atoms with E-state index in [0.29, 0.717) is 5.75 Å². The van der Waals surface area contributed by atoms with Gasteiger partial charge in [0.25, 0.3) is 0 Å². The first-order valence-electron chi connectivity index (χ1n) is 21.3. The van der Waals surface area contributed by atoms with Crippen LogP contribution in [-0.2, 0) is 34.8 Å². The maximum atomic E-state index is 11.9. The summed E-state index contributed by atoms with van der Waals surface area (Å²) >= 11 is 0. The molecule has 0 aliphatic rings. The number of benzene rings is 2. The molecule has 1 unspecified atom stereocenters. The summed E-state index contributed by atoms with van der Waals surface area (Å²) in [6.07, 6.45) is 33.5. The molecule has 0 fully saturated rings. The van der Waals surface area contributed by atoms with Crippen molar-refractivity contribution >= 4 is 21.2 Å². The summed E-state index contributed by atoms with van der Waals surface area (Å²) in [5.74, 6) is 0.602. The number of hydrogen-bond donors (Lipinski definition) is 3. The Kier molecular flexibility index (Phi) is 29.6. The molecular formula is C44H77O6P2+. The minimum atomic E-state index is -4.20. The van der Waals surface area contributed by atoms with Gasteiger partial charge in [-0.2, -0.15) is 0 Å². The van der Waals surface area contributed by atoms with Crippen molar-refractivity contribution in [3.05, 3.63) is 58.7 Å². The molecule has 0 radical (unpaired) electrons. The van der Waals surface area contributed by atoms with Gasteiger partial charge in [0.05, 0.1) is 5.30 Å². The van der Waals surface area contributed by atoms with E-state index in [1.54, 1.807) is 6.07 Å². The van der Waals surface area contributed by atoms with Gasteiger partial charge < -0.3 is 9.79 Å². The fourth-order valence-corrected chi connectivity index (χ4v) is 8.30. The van der Waals surface area contributed by atoms with E-state index < -0.39 is 15.9 Å². The zero-order chi connectivity index (χ0) is 38.3. The lowest BCUT2D eigenvalue weighted by molar-refractivity contribution is 0.387. The number of hydrogen-bond acceptors (Lipinski definition) is 3. The molecular weight excluding hydrogens is 686 g/mol. The van der Waals surface area contributed by atoms with Crippen molar-refractivity contribution in [1.82, 2.24) is 0 Å². The standard InChI is InChI=1S/C22H39O3P.C22H37O3P/c1-3-5-7-9-11-13-16-20-17-15-19-22(26(23,24)25)21(20)18-14-12-10-8-6-4-2;1-3-5-7-9-11-13-16-20-17-15-19-22(25-26(23)24)21(20)18-14-12-10-8-6-4-2/h15,17,19H,3-14,16,18H2,1-2H3,(H2,23,24,25);15,17,19H,3-14,16,18H2,1-2H3/p+1. The van der Waals surface area contributed by atoms with Gasteiger partial charge in [0.1, 0.15) is 0 Å². The van der Waals surface area contributed by atoms with E-state index in [4.69, 9.17) is 4.52 Å². The zero-order valence-electron chi connectivity index (χ0n) is 33.7. The topological polar surface area (TPSA) is 104 Å². The lowest BCUT2D eigenvalue weighted by Gasteiger charge is -2.16. The molecule has 2 rings (SSSR count). The second-order valence-corrected chi connectivity index (χ2v) is 17.0. The highest BCUT2D eigenvalue weighted by Crippen LogP contribution is 2.36. The molecule has 298 valence electrons. The molecule has 8 heteroatoms. The normalized spacial score (nSPS) is 11.7. The van der Waals surface area contributed by atoms with Crippen molar-refractivity contribution in [3.63, 3.8) is 0 Å². The molecule has 0 aliphatic heterocycles. The van der Waals surface area contributed by atoms with Crippen molar-refractivity contribution in [2.75, 3.05) is 0 Å². The Morgan fingerprint density at radius 2 is 0.846 bits per heavy atom. The first-order valence-corrected chi connectivity index (χ1v) is 24.0. The van der Waals surface area contributed by atoms with Crippen LogP contribution in [0.5, 0.6) is 5.75 Å². The van der Waals surface area contributed by atoms with E-state index in [1.807, 2.05) is 18.2 Å². The molecule has 52 heavy (non-hydrogen) atoms. The van der Waals surface area contributed by atoms with E-state index in [-0.39, 0.29) is 5.30 Å². The fourth-order valence-electron chi connectivity index (χ4n) is 7.07. The Morgan fingerprint density at radius 1 is 0.500 bits per heavy atom. The zero-order valence-corrected chi connectivity index (χ0v) is 35.5. The van der Waals surface area contributed by atoms with Crippen molar-refractivity contribution in [1.29, 1.82) is 0 Å². The Bertz CT molecular complexity index is 1230. The van der Waals surface area contributed by atoms with E-state index in [0.717, 1.165) is 68.1 Å². The highest BCUT2D eigenvalue weighted by atomic mass is 31.2. The third-order valence-electron chi connectivity index (χ3n) is 10.1. The van der Waals surface area contributed by atoms with Gasteiger partial charge in [-0.3, -0.25) is 4.57 Å². The van der Waals surface area contributed by atoms with Crippen molar-refractivity contribution in [2.45, 2.75) is 207 Å². The van der Waals surface area contributed by atoms with Crippen LogP contribution in [0.1, 0.15) is 204 Å². The molecule has 0 aliphatic carbocycles. The van der Waals surface area contributed by atoms with Crippen LogP contribution < -0.4 is 9.83 Å². The smallest absolute Gasteiger partial charge is 0.321 e. The van der Waals surface area contributed by atoms with Gasteiger partial charge in [0.2, 0.25) is 0 Å². The molecule has 3 N–H and O–H groups in total. The summed E-state index contributed by atoms with van der Waals surface area (Å²) in [7, 11) is -6.81. The number of rotatable bonds is 31. The van der Waals surface area contributed by atoms with E-state index in [2.05, 4.69) is 39.8 Å². The predicted octanol–water partition coefficient (Wildman–Crippen LogP) is 13.8. The highest BCUT2D eigenvalue weighted by Gasteiger charge is 2.23. The molecule has 0 saturated heterocycles. The van der Waals surface area contributed by atoms with E-state index in [9.17, 15) is 23.8 Å². The summed E-state index contributed by atoms with van der Waals surface area (Å²) in [6.45, 7) is 8.91. The molecule has 6 nitrogen and oxygen atoms in total. The Balaban J connectivity index is 0.000000520. The van der Waals surface area contributed by atoms with Gasteiger partial charge in [0, 0.05) is 10.1 Å². The lowest BCUT2D eigenvalue weighted by atomic mass is 9.95. The summed E-state index contributed by atoms with van der Waals surface area (Å²) in [5, 5.41) is 0.259. The van der Waals surface area contributed by atoms with Gasteiger partial charge >= 0.3 is 15.9 Å². The average molecular weight is 764 g/mol. The third kappa shape index (κ3) is 23.3. The van der Waals surface area contributed by atoms with Gasteiger partial charge in [0.15, 0.2) is 5.75 Å². The molecule has 0 aromatic heterocycles. The van der Waals surface area contributed by atoms with Crippen LogP contribution in [-0.4, -0.2) is 14.7 Å². The summed E-state index contributed by atoms with van der Waals surface area (Å²) in [4.78, 5) is 28.7. The quantitative estimate of drug-likeness (QED) is 0.0522. The summed E-state index contributed by atoms with van der Waals surface area (Å²) in [5.41, 5.74) is 4.51. The summed E-state index contributed by atoms with van der Waals surface area (Å²) < 4.78 is 28.3. The van der Waals surface area contributed by atoms with Crippen molar-refractivity contribution in [2.24, 2.45) is 0 Å². The largest absolute Gasteiger partial charge is 0.747 e. The molecule has 0 amide bonds. The highest BCUT2D eigenvalue weighted by molar-refractivity contribution is 7.60. The minimum absolute atomic E-state index is 0.259. The molecule has 0 saturated carbocycles. The van der Waals surface area contributed by atoms with E-state index >= 15 is 0 Å². The fraction of sp³-hybridized carbons (Fsp3) is 0.727. The molecule has 0 spiro atoms. The Labute approximate surface area is 320 Å². The second kappa shape index (κ2) is 31.8. The SMILES string of the molecule is CCCCCCCCc1cccc(O[P+](=O)O)c1CCCCCCCC.CCCCCCCCc1cccc(P(=O)(O)O)c1CCCCCCCC. The average Bonchev–Trinajstić information content (AvgIpc) is 3.11. The van der Waals surface area contributed by atoms with Crippen LogP contribution >= 0.6 is 15.9 Å². The summed E-state index contributed by atoms with van der Waals surface area (Å²) in [6, 6.07) is 11.4. The van der Waals surface area contributed by atoms with E-state index in [1.165, 1.54) is 134 Å². The third-order valence-corrected chi connectivity index (χ3v) is 11.5. The maximum absolute atomic E-state index is 11.9. The van der Waals surface area contributed by atoms with Crippen LogP contribution in [0.4, 0.5) is 0 Å². The second-order valence-electron chi connectivity index (χ2n) is 14.8. The molecule has 0 heterocycles. The van der Waals surface area contributed by atoms with Crippen LogP contribution in [0.15, 0.2) is 36.4 Å². The Morgan fingerprint density at radius 3 is 1.25 bits per heavy atom. The Hall–Kier alpha value is -1.55. The van der Waals surface area contributed by atoms with Crippen LogP contribution in [0, 0.1) is 0 Å². The monoisotopic (exact) mass is 764 g/mol. The first-order chi connectivity index (χ1) is 25.2. The molecule has 2 aromatic carbocycles. The molecule has 1 atom stereocenters. The maximum Gasteiger partial charge on any atom is 0.747 e. The van der Waals surface area contributed by atoms with Crippen LogP contribution in [0.25, 0.3) is 0 Å². The number of unbranched alkanes of at least 4 members (excludes halogenated alkanes) is 20. The van der Waals surface area contributed by atoms with Crippen molar-refractivity contribution < 1.29 is 28.3 Å².